The fourth-order valence-corrected chi connectivity index (χ4v) is 3.89. The van der Waals surface area contributed by atoms with E-state index in [2.05, 4.69) is 30.1 Å². The molecular weight excluding hydrogens is 306 g/mol. The van der Waals surface area contributed by atoms with Gasteiger partial charge in [-0.05, 0) is 37.8 Å². The third-order valence-corrected chi connectivity index (χ3v) is 5.20. The molecule has 0 aliphatic heterocycles. The Hall–Kier alpha value is -0.910. The van der Waals surface area contributed by atoms with Gasteiger partial charge >= 0.3 is 0 Å². The minimum Gasteiger partial charge on any atom is -0.333 e. The monoisotopic (exact) mass is 327 g/mol. The second-order valence-electron chi connectivity index (χ2n) is 5.73. The number of aryl methyl sites for hydroxylation is 2. The van der Waals surface area contributed by atoms with E-state index in [0.717, 1.165) is 43.4 Å². The maximum absolute atomic E-state index is 6.37. The van der Waals surface area contributed by atoms with Gasteiger partial charge in [-0.25, -0.2) is 0 Å². The molecule has 2 N–H and O–H groups in total. The van der Waals surface area contributed by atoms with Crippen molar-refractivity contribution in [3.63, 3.8) is 0 Å². The largest absolute Gasteiger partial charge is 0.333 e. The van der Waals surface area contributed by atoms with E-state index in [9.17, 15) is 0 Å². The highest BCUT2D eigenvalue weighted by atomic mass is 35.5. The molecule has 1 fully saturated rings. The van der Waals surface area contributed by atoms with Crippen LogP contribution < -0.4 is 5.73 Å². The quantitative estimate of drug-likeness (QED) is 0.913. The number of nitrogens with zero attached hydrogens (tertiary/aromatic N) is 2. The van der Waals surface area contributed by atoms with Crippen molar-refractivity contribution in [1.29, 1.82) is 0 Å². The van der Waals surface area contributed by atoms with Crippen molar-refractivity contribution in [3.8, 4) is 10.8 Å². The Morgan fingerprint density at radius 2 is 2.10 bits per heavy atom. The molecule has 21 heavy (non-hydrogen) atoms. The molecule has 1 aliphatic carbocycles. The van der Waals surface area contributed by atoms with Gasteiger partial charge in [0.25, 0.3) is 5.89 Å². The zero-order valence-corrected chi connectivity index (χ0v) is 14.1. The van der Waals surface area contributed by atoms with Crippen molar-refractivity contribution in [3.05, 3.63) is 22.3 Å². The van der Waals surface area contributed by atoms with Crippen molar-refractivity contribution in [2.45, 2.75) is 57.9 Å². The van der Waals surface area contributed by atoms with Crippen molar-refractivity contribution in [2.24, 2.45) is 5.73 Å². The summed E-state index contributed by atoms with van der Waals surface area (Å²) in [4.78, 5) is 6.96. The van der Waals surface area contributed by atoms with Crippen LogP contribution in [0.5, 0.6) is 0 Å². The summed E-state index contributed by atoms with van der Waals surface area (Å²) in [7, 11) is 0. The van der Waals surface area contributed by atoms with Gasteiger partial charge in [-0.1, -0.05) is 31.3 Å². The lowest BCUT2D eigenvalue weighted by Gasteiger charge is -2.17. The molecule has 4 nitrogen and oxygen atoms in total. The smallest absolute Gasteiger partial charge is 0.268 e. The highest BCUT2D eigenvalue weighted by Gasteiger charge is 2.36. The summed E-state index contributed by atoms with van der Waals surface area (Å²) in [5, 5.41) is 4.13. The fraction of sp³-hybridized carbons (Fsp3) is 0.600. The van der Waals surface area contributed by atoms with E-state index in [1.165, 1.54) is 10.4 Å². The summed E-state index contributed by atoms with van der Waals surface area (Å²) in [5.41, 5.74) is 7.38. The molecule has 2 aromatic heterocycles. The predicted octanol–water partition coefficient (Wildman–Crippen LogP) is 4.21. The number of aromatic nitrogens is 2. The molecule has 0 atom stereocenters. The first-order chi connectivity index (χ1) is 9.62. The first kappa shape index (κ1) is 16.5. The van der Waals surface area contributed by atoms with Crippen LogP contribution in [0.4, 0.5) is 0 Å². The highest BCUT2D eigenvalue weighted by Crippen LogP contribution is 2.37. The van der Waals surface area contributed by atoms with Gasteiger partial charge in [0.05, 0.1) is 10.4 Å². The van der Waals surface area contributed by atoms with E-state index in [4.69, 9.17) is 10.3 Å². The molecule has 0 bridgehead atoms. The average molecular weight is 328 g/mol. The predicted molar refractivity (Wildman–Crippen MR) is 87.9 cm³/mol. The summed E-state index contributed by atoms with van der Waals surface area (Å²) in [6, 6.07) is 2.18. The summed E-state index contributed by atoms with van der Waals surface area (Å²) < 4.78 is 5.44. The molecule has 3 rings (SSSR count). The molecule has 0 unspecified atom stereocenters. The number of halogens is 1. The van der Waals surface area contributed by atoms with Gasteiger partial charge in [-0.2, -0.15) is 4.98 Å². The van der Waals surface area contributed by atoms with Gasteiger partial charge in [0, 0.05) is 4.88 Å². The second-order valence-corrected chi connectivity index (χ2v) is 6.98. The highest BCUT2D eigenvalue weighted by molar-refractivity contribution is 7.15. The first-order valence-corrected chi connectivity index (χ1v) is 8.17. The van der Waals surface area contributed by atoms with Crippen LogP contribution in [0.1, 0.15) is 55.3 Å². The number of hydrogen-bond donors (Lipinski definition) is 1. The van der Waals surface area contributed by atoms with Crippen LogP contribution in [0.3, 0.4) is 0 Å². The van der Waals surface area contributed by atoms with Gasteiger partial charge in [0.15, 0.2) is 5.82 Å². The Morgan fingerprint density at radius 3 is 2.76 bits per heavy atom. The maximum Gasteiger partial charge on any atom is 0.268 e. The molecule has 116 valence electrons. The van der Waals surface area contributed by atoms with Crippen molar-refractivity contribution < 1.29 is 4.52 Å². The van der Waals surface area contributed by atoms with Crippen LogP contribution >= 0.6 is 23.7 Å². The van der Waals surface area contributed by atoms with Crippen LogP contribution in [0, 0.1) is 6.92 Å². The molecule has 0 amide bonds. The Morgan fingerprint density at radius 1 is 1.38 bits per heavy atom. The average Bonchev–Trinajstić information content (AvgIpc) is 3.11. The minimum absolute atomic E-state index is 0. The molecule has 0 saturated heterocycles. The maximum atomic E-state index is 6.37. The molecule has 0 spiro atoms. The van der Waals surface area contributed by atoms with Gasteiger partial charge in [0.1, 0.15) is 0 Å². The topological polar surface area (TPSA) is 64.9 Å². The summed E-state index contributed by atoms with van der Waals surface area (Å²) >= 11 is 1.73. The number of thiophene rings is 1. The van der Waals surface area contributed by atoms with E-state index in [1.54, 1.807) is 11.3 Å². The lowest BCUT2D eigenvalue weighted by molar-refractivity contribution is 0.373. The third-order valence-electron chi connectivity index (χ3n) is 4.12. The van der Waals surface area contributed by atoms with Crippen LogP contribution in [0.15, 0.2) is 10.6 Å². The van der Waals surface area contributed by atoms with E-state index in [1.807, 2.05) is 0 Å². The van der Waals surface area contributed by atoms with Crippen molar-refractivity contribution in [2.75, 3.05) is 0 Å². The lowest BCUT2D eigenvalue weighted by atomic mass is 9.99. The molecule has 6 heteroatoms. The molecule has 1 saturated carbocycles. The van der Waals surface area contributed by atoms with Crippen molar-refractivity contribution in [1.82, 2.24) is 10.1 Å². The zero-order valence-electron chi connectivity index (χ0n) is 12.5. The Bertz CT molecular complexity index is 602. The lowest BCUT2D eigenvalue weighted by Crippen LogP contribution is -2.34. The van der Waals surface area contributed by atoms with E-state index in [-0.39, 0.29) is 17.9 Å². The number of nitrogens with two attached hydrogens (primary N) is 1. The van der Waals surface area contributed by atoms with Gasteiger partial charge in [-0.3, -0.25) is 0 Å². The third kappa shape index (κ3) is 3.15. The van der Waals surface area contributed by atoms with E-state index < -0.39 is 0 Å². The Kier molecular flexibility index (Phi) is 5.07. The Balaban J connectivity index is 0.00000161. The van der Waals surface area contributed by atoms with E-state index >= 15 is 0 Å². The SMILES string of the molecule is CCCc1cc(-c2nc(C3(N)CCCC3)no2)sc1C.Cl. The molecule has 1 aliphatic rings. The van der Waals surface area contributed by atoms with Crippen LogP contribution in [0.2, 0.25) is 0 Å². The molecule has 2 heterocycles. The Labute approximate surface area is 135 Å². The van der Waals surface area contributed by atoms with Crippen LogP contribution in [0.25, 0.3) is 10.8 Å². The fourth-order valence-electron chi connectivity index (χ4n) is 2.90. The van der Waals surface area contributed by atoms with Gasteiger partial charge < -0.3 is 10.3 Å². The van der Waals surface area contributed by atoms with Gasteiger partial charge in [0.2, 0.25) is 0 Å². The molecule has 0 radical (unpaired) electrons. The van der Waals surface area contributed by atoms with Crippen molar-refractivity contribution >= 4 is 23.7 Å². The number of rotatable bonds is 4. The summed E-state index contributed by atoms with van der Waals surface area (Å²) in [5.74, 6) is 1.29. The molecular formula is C15H22ClN3OS. The van der Waals surface area contributed by atoms with Crippen LogP contribution in [-0.4, -0.2) is 10.1 Å². The molecule has 2 aromatic rings. The number of hydrogen-bond acceptors (Lipinski definition) is 5. The normalized spacial score (nSPS) is 16.9. The summed E-state index contributed by atoms with van der Waals surface area (Å²) in [6.45, 7) is 4.34. The second kappa shape index (κ2) is 6.46. The summed E-state index contributed by atoms with van der Waals surface area (Å²) in [6.07, 6.45) is 6.47. The molecule has 0 aromatic carbocycles. The first-order valence-electron chi connectivity index (χ1n) is 7.35. The zero-order chi connectivity index (χ0) is 14.2. The standard InChI is InChI=1S/C15H21N3OS.ClH/c1-3-6-11-9-12(20-10(11)2)13-17-14(18-19-13)15(16)7-4-5-8-15;/h9H,3-8,16H2,1-2H3;1H. The minimum atomic E-state index is -0.375. The van der Waals surface area contributed by atoms with E-state index in [0.29, 0.717) is 11.7 Å². The van der Waals surface area contributed by atoms with Crippen LogP contribution in [-0.2, 0) is 12.0 Å². The van der Waals surface area contributed by atoms with Gasteiger partial charge in [-0.15, -0.1) is 23.7 Å².